The molecule has 2 rings (SSSR count). The fourth-order valence-electron chi connectivity index (χ4n) is 2.38. The molecule has 6 nitrogen and oxygen atoms in total. The number of esters is 1. The van der Waals surface area contributed by atoms with Crippen LogP contribution in [0.25, 0.3) is 0 Å². The van der Waals surface area contributed by atoms with Gasteiger partial charge in [0, 0.05) is 13.1 Å². The minimum atomic E-state index is -0.384. The van der Waals surface area contributed by atoms with Gasteiger partial charge in [-0.1, -0.05) is 0 Å². The quantitative estimate of drug-likeness (QED) is 0.824. The van der Waals surface area contributed by atoms with Gasteiger partial charge in [0.25, 0.3) is 0 Å². The molecular weight excluding hydrogens is 260 g/mol. The van der Waals surface area contributed by atoms with Gasteiger partial charge in [-0.05, 0) is 26.0 Å². The van der Waals surface area contributed by atoms with E-state index in [1.165, 1.54) is 7.11 Å². The number of pyridine rings is 1. The molecule has 1 N–H and O–H groups in total. The van der Waals surface area contributed by atoms with Crippen molar-refractivity contribution in [2.24, 2.45) is 0 Å². The number of anilines is 1. The molecule has 2 unspecified atom stereocenters. The number of aliphatic hydroxyl groups excluding tert-OH is 1. The van der Waals surface area contributed by atoms with E-state index in [4.69, 9.17) is 9.47 Å². The van der Waals surface area contributed by atoms with Crippen molar-refractivity contribution in [2.45, 2.75) is 26.1 Å². The van der Waals surface area contributed by atoms with Crippen molar-refractivity contribution in [2.75, 3.05) is 31.7 Å². The summed E-state index contributed by atoms with van der Waals surface area (Å²) in [4.78, 5) is 18.1. The Hall–Kier alpha value is -1.66. The van der Waals surface area contributed by atoms with Crippen molar-refractivity contribution < 1.29 is 19.4 Å². The Morgan fingerprint density at radius 3 is 2.90 bits per heavy atom. The van der Waals surface area contributed by atoms with Crippen molar-refractivity contribution in [3.8, 4) is 0 Å². The second-order valence-corrected chi connectivity index (χ2v) is 4.95. The number of aryl methyl sites for hydroxylation is 1. The Balaban J connectivity index is 2.20. The molecular formula is C14H20N2O4. The third kappa shape index (κ3) is 3.08. The first-order valence-electron chi connectivity index (χ1n) is 6.62. The monoisotopic (exact) mass is 280 g/mol. The van der Waals surface area contributed by atoms with Gasteiger partial charge < -0.3 is 19.5 Å². The Morgan fingerprint density at radius 1 is 1.55 bits per heavy atom. The minimum absolute atomic E-state index is 0.0138. The molecule has 0 aliphatic carbocycles. The van der Waals surface area contributed by atoms with Crippen LogP contribution in [-0.2, 0) is 9.47 Å². The first kappa shape index (κ1) is 14.7. The predicted octanol–water partition coefficient (Wildman–Crippen LogP) is 0.763. The molecule has 20 heavy (non-hydrogen) atoms. The summed E-state index contributed by atoms with van der Waals surface area (Å²) in [6, 6.07) is 3.52. The van der Waals surface area contributed by atoms with E-state index >= 15 is 0 Å². The standard InChI is InChI=1S/C14H20N2O4/c1-9-6-16(7-11(8-17)20-9)13-5-4-12(10(2)15-13)14(18)19-3/h4-5,9,11,17H,6-8H2,1-3H3. The molecule has 1 fully saturated rings. The topological polar surface area (TPSA) is 71.9 Å². The van der Waals surface area contributed by atoms with Gasteiger partial charge in [0.05, 0.1) is 37.2 Å². The first-order chi connectivity index (χ1) is 9.55. The van der Waals surface area contributed by atoms with E-state index in [-0.39, 0.29) is 24.8 Å². The smallest absolute Gasteiger partial charge is 0.339 e. The molecule has 2 atom stereocenters. The molecule has 0 spiro atoms. The van der Waals surface area contributed by atoms with E-state index in [1.54, 1.807) is 19.1 Å². The molecule has 1 aliphatic rings. The molecule has 0 amide bonds. The third-order valence-corrected chi connectivity index (χ3v) is 3.33. The van der Waals surface area contributed by atoms with Gasteiger partial charge in [0.2, 0.25) is 0 Å². The fraction of sp³-hybridized carbons (Fsp3) is 0.571. The van der Waals surface area contributed by atoms with Crippen LogP contribution in [0.15, 0.2) is 12.1 Å². The first-order valence-corrected chi connectivity index (χ1v) is 6.62. The van der Waals surface area contributed by atoms with Gasteiger partial charge in [-0.15, -0.1) is 0 Å². The second kappa shape index (κ2) is 6.19. The van der Waals surface area contributed by atoms with Crippen LogP contribution in [0, 0.1) is 6.92 Å². The number of hydrogen-bond acceptors (Lipinski definition) is 6. The highest BCUT2D eigenvalue weighted by molar-refractivity contribution is 5.90. The summed E-state index contributed by atoms with van der Waals surface area (Å²) in [5, 5.41) is 9.24. The van der Waals surface area contributed by atoms with Crippen LogP contribution in [0.4, 0.5) is 5.82 Å². The molecule has 0 radical (unpaired) electrons. The molecule has 0 bridgehead atoms. The summed E-state index contributed by atoms with van der Waals surface area (Å²) in [6.45, 7) is 5.03. The van der Waals surface area contributed by atoms with Crippen LogP contribution in [0.3, 0.4) is 0 Å². The van der Waals surface area contributed by atoms with E-state index in [2.05, 4.69) is 9.88 Å². The molecule has 1 aromatic heterocycles. The second-order valence-electron chi connectivity index (χ2n) is 4.95. The Labute approximate surface area is 118 Å². The lowest BCUT2D eigenvalue weighted by atomic mass is 10.2. The number of morpholine rings is 1. The van der Waals surface area contributed by atoms with E-state index in [0.29, 0.717) is 24.3 Å². The van der Waals surface area contributed by atoms with Gasteiger partial charge in [-0.25, -0.2) is 9.78 Å². The van der Waals surface area contributed by atoms with E-state index in [0.717, 1.165) is 5.82 Å². The molecule has 2 heterocycles. The van der Waals surface area contributed by atoms with Crippen LogP contribution in [0.5, 0.6) is 0 Å². The molecule has 6 heteroatoms. The molecule has 1 aromatic rings. The normalized spacial score (nSPS) is 22.7. The SMILES string of the molecule is COC(=O)c1ccc(N2CC(C)OC(CO)C2)nc1C. The Bertz CT molecular complexity index is 492. The molecule has 1 aliphatic heterocycles. The average Bonchev–Trinajstić information content (AvgIpc) is 2.45. The average molecular weight is 280 g/mol. The van der Waals surface area contributed by atoms with E-state index < -0.39 is 0 Å². The summed E-state index contributed by atoms with van der Waals surface area (Å²) in [5.41, 5.74) is 1.10. The predicted molar refractivity (Wildman–Crippen MR) is 73.9 cm³/mol. The highest BCUT2D eigenvalue weighted by Crippen LogP contribution is 2.20. The Kier molecular flexibility index (Phi) is 4.57. The number of aliphatic hydroxyl groups is 1. The number of methoxy groups -OCH3 is 1. The zero-order valence-electron chi connectivity index (χ0n) is 12.0. The van der Waals surface area contributed by atoms with Crippen molar-refractivity contribution in [3.63, 3.8) is 0 Å². The van der Waals surface area contributed by atoms with Crippen molar-refractivity contribution >= 4 is 11.8 Å². The third-order valence-electron chi connectivity index (χ3n) is 3.33. The number of aromatic nitrogens is 1. The largest absolute Gasteiger partial charge is 0.465 e. The molecule has 0 saturated carbocycles. The van der Waals surface area contributed by atoms with Gasteiger partial charge in [0.1, 0.15) is 5.82 Å². The lowest BCUT2D eigenvalue weighted by molar-refractivity contribution is -0.0423. The number of carbonyl (C=O) groups is 1. The van der Waals surface area contributed by atoms with Crippen LogP contribution >= 0.6 is 0 Å². The maximum atomic E-state index is 11.5. The zero-order chi connectivity index (χ0) is 14.7. The molecule has 110 valence electrons. The highest BCUT2D eigenvalue weighted by Gasteiger charge is 2.26. The Morgan fingerprint density at radius 2 is 2.30 bits per heavy atom. The summed E-state index contributed by atoms with van der Waals surface area (Å²) in [5.74, 6) is 0.397. The van der Waals surface area contributed by atoms with Crippen LogP contribution in [0.2, 0.25) is 0 Å². The summed E-state index contributed by atoms with van der Waals surface area (Å²) in [6.07, 6.45) is -0.176. The molecule has 0 aromatic carbocycles. The number of hydrogen-bond donors (Lipinski definition) is 1. The van der Waals surface area contributed by atoms with E-state index in [1.807, 2.05) is 6.92 Å². The van der Waals surface area contributed by atoms with Crippen molar-refractivity contribution in [1.29, 1.82) is 0 Å². The number of rotatable bonds is 3. The van der Waals surface area contributed by atoms with Gasteiger partial charge in [-0.3, -0.25) is 0 Å². The van der Waals surface area contributed by atoms with Crippen LogP contribution in [0.1, 0.15) is 23.0 Å². The highest BCUT2D eigenvalue weighted by atomic mass is 16.5. The van der Waals surface area contributed by atoms with Gasteiger partial charge >= 0.3 is 5.97 Å². The number of carbonyl (C=O) groups excluding carboxylic acids is 1. The van der Waals surface area contributed by atoms with Crippen molar-refractivity contribution in [3.05, 3.63) is 23.4 Å². The van der Waals surface area contributed by atoms with E-state index in [9.17, 15) is 9.90 Å². The maximum absolute atomic E-state index is 11.5. The summed E-state index contributed by atoms with van der Waals surface area (Å²) >= 11 is 0. The zero-order valence-corrected chi connectivity index (χ0v) is 12.0. The van der Waals surface area contributed by atoms with Crippen LogP contribution in [-0.4, -0.2) is 55.1 Å². The lowest BCUT2D eigenvalue weighted by Crippen LogP contribution is -2.48. The molecule has 1 saturated heterocycles. The van der Waals surface area contributed by atoms with Gasteiger partial charge in [-0.2, -0.15) is 0 Å². The van der Waals surface area contributed by atoms with Crippen LogP contribution < -0.4 is 4.90 Å². The van der Waals surface area contributed by atoms with Gasteiger partial charge in [0.15, 0.2) is 0 Å². The van der Waals surface area contributed by atoms with Crippen molar-refractivity contribution in [1.82, 2.24) is 4.98 Å². The summed E-state index contributed by atoms with van der Waals surface area (Å²) in [7, 11) is 1.35. The maximum Gasteiger partial charge on any atom is 0.339 e. The summed E-state index contributed by atoms with van der Waals surface area (Å²) < 4.78 is 10.3. The minimum Gasteiger partial charge on any atom is -0.465 e. The fourth-order valence-corrected chi connectivity index (χ4v) is 2.38. The lowest BCUT2D eigenvalue weighted by Gasteiger charge is -2.36. The number of nitrogens with zero attached hydrogens (tertiary/aromatic N) is 2. The number of ether oxygens (including phenoxy) is 2.